The van der Waals surface area contributed by atoms with Crippen LogP contribution in [0.25, 0.3) is 22.2 Å². The number of hydrogen-bond acceptors (Lipinski definition) is 5. The van der Waals surface area contributed by atoms with Crippen LogP contribution in [0.4, 0.5) is 15.8 Å². The van der Waals surface area contributed by atoms with E-state index in [4.69, 9.17) is 4.98 Å². The zero-order valence-electron chi connectivity index (χ0n) is 18.0. The van der Waals surface area contributed by atoms with Gasteiger partial charge in [-0.05, 0) is 39.3 Å². The normalized spacial score (nSPS) is 15.2. The minimum atomic E-state index is -0.186. The Morgan fingerprint density at radius 1 is 1.03 bits per heavy atom. The summed E-state index contributed by atoms with van der Waals surface area (Å²) in [6.45, 7) is 5.23. The number of rotatable bonds is 6. The Hall–Kier alpha value is -2.70. The molecule has 0 amide bonds. The van der Waals surface area contributed by atoms with Crippen LogP contribution in [0.5, 0.6) is 0 Å². The molecule has 1 aliphatic rings. The number of nitrogens with zero attached hydrogens (tertiary/aromatic N) is 4. The lowest BCUT2D eigenvalue weighted by atomic mass is 10.0. The molecule has 1 N–H and O–H groups in total. The van der Waals surface area contributed by atoms with Crippen LogP contribution < -0.4 is 10.2 Å². The number of aromatic nitrogens is 1. The first-order valence-corrected chi connectivity index (χ1v) is 10.5. The van der Waals surface area contributed by atoms with Crippen molar-refractivity contribution >= 4 is 22.3 Å². The van der Waals surface area contributed by atoms with E-state index < -0.39 is 0 Å². The van der Waals surface area contributed by atoms with Gasteiger partial charge < -0.3 is 20.0 Å². The fourth-order valence-corrected chi connectivity index (χ4v) is 3.95. The molecule has 0 unspecified atom stereocenters. The van der Waals surface area contributed by atoms with Gasteiger partial charge in [-0.15, -0.1) is 0 Å². The van der Waals surface area contributed by atoms with Gasteiger partial charge in [0, 0.05) is 55.9 Å². The summed E-state index contributed by atoms with van der Waals surface area (Å²) in [6, 6.07) is 15.5. The predicted molar refractivity (Wildman–Crippen MR) is 124 cm³/mol. The fourth-order valence-electron chi connectivity index (χ4n) is 3.95. The molecule has 3 aromatic rings. The third-order valence-electron chi connectivity index (χ3n) is 5.67. The molecule has 0 radical (unpaired) electrons. The van der Waals surface area contributed by atoms with Crippen molar-refractivity contribution in [2.45, 2.75) is 0 Å². The number of likely N-dealkylation sites (N-methyl/N-ethyl adjacent to an activating group) is 2. The maximum Gasteiger partial charge on any atom is 0.147 e. The SMILES string of the molecule is CN(C)CCNc1cc(-c2cccc(F)c2N2CCN(C)CC2)nc2ccccc12. The minimum Gasteiger partial charge on any atom is -0.383 e. The third kappa shape index (κ3) is 4.40. The number of hydrogen-bond donors (Lipinski definition) is 1. The quantitative estimate of drug-likeness (QED) is 0.673. The summed E-state index contributed by atoms with van der Waals surface area (Å²) in [4.78, 5) is 11.5. The van der Waals surface area contributed by atoms with Crippen molar-refractivity contribution in [2.24, 2.45) is 0 Å². The van der Waals surface area contributed by atoms with Crippen molar-refractivity contribution in [3.8, 4) is 11.3 Å². The number of piperazine rings is 1. The molecule has 5 nitrogen and oxygen atoms in total. The molecule has 0 saturated carbocycles. The van der Waals surface area contributed by atoms with E-state index in [0.29, 0.717) is 5.69 Å². The molecule has 0 aliphatic carbocycles. The standard InChI is InChI=1S/C24H30FN5/c1-28(2)12-11-26-22-17-23(27-21-10-5-4-7-18(21)22)19-8-6-9-20(25)24(19)30-15-13-29(3)14-16-30/h4-10,17H,11-16H2,1-3H3,(H,26,27). The summed E-state index contributed by atoms with van der Waals surface area (Å²) in [7, 11) is 6.23. The molecule has 0 bridgehead atoms. The Morgan fingerprint density at radius 3 is 2.57 bits per heavy atom. The molecule has 2 aromatic carbocycles. The molecule has 6 heteroatoms. The van der Waals surface area contributed by atoms with Gasteiger partial charge in [0.15, 0.2) is 0 Å². The topological polar surface area (TPSA) is 34.6 Å². The zero-order valence-corrected chi connectivity index (χ0v) is 18.0. The number of pyridine rings is 1. The molecule has 158 valence electrons. The fraction of sp³-hybridized carbons (Fsp3) is 0.375. The lowest BCUT2D eigenvalue weighted by Gasteiger charge is -2.35. The smallest absolute Gasteiger partial charge is 0.147 e. The Balaban J connectivity index is 1.77. The van der Waals surface area contributed by atoms with Gasteiger partial charge in [0.1, 0.15) is 5.82 Å². The summed E-state index contributed by atoms with van der Waals surface area (Å²) in [5.41, 5.74) is 4.25. The Morgan fingerprint density at radius 2 is 1.80 bits per heavy atom. The van der Waals surface area contributed by atoms with Gasteiger partial charge in [0.2, 0.25) is 0 Å². The van der Waals surface area contributed by atoms with E-state index in [0.717, 1.165) is 67.1 Å². The minimum absolute atomic E-state index is 0.186. The van der Waals surface area contributed by atoms with E-state index in [9.17, 15) is 0 Å². The highest BCUT2D eigenvalue weighted by atomic mass is 19.1. The molecule has 0 spiro atoms. The van der Waals surface area contributed by atoms with E-state index in [2.05, 4.69) is 53.3 Å². The molecule has 1 aliphatic heterocycles. The molecule has 4 rings (SSSR count). The van der Waals surface area contributed by atoms with Crippen LogP contribution in [0.1, 0.15) is 0 Å². The van der Waals surface area contributed by atoms with Crippen LogP contribution in [-0.2, 0) is 0 Å². The van der Waals surface area contributed by atoms with Crippen LogP contribution in [0.2, 0.25) is 0 Å². The zero-order chi connectivity index (χ0) is 21.1. The van der Waals surface area contributed by atoms with Gasteiger partial charge in [0.05, 0.1) is 16.9 Å². The molecule has 1 saturated heterocycles. The third-order valence-corrected chi connectivity index (χ3v) is 5.67. The molecule has 1 fully saturated rings. The predicted octanol–water partition coefficient (Wildman–Crippen LogP) is 3.77. The second-order valence-electron chi connectivity index (χ2n) is 8.23. The Labute approximate surface area is 178 Å². The summed E-state index contributed by atoms with van der Waals surface area (Å²) in [5.74, 6) is -0.186. The lowest BCUT2D eigenvalue weighted by molar-refractivity contribution is 0.312. The van der Waals surface area contributed by atoms with Crippen LogP contribution in [0.3, 0.4) is 0 Å². The molecule has 2 heterocycles. The van der Waals surface area contributed by atoms with E-state index in [1.807, 2.05) is 24.3 Å². The van der Waals surface area contributed by atoms with Gasteiger partial charge in [-0.2, -0.15) is 0 Å². The summed E-state index contributed by atoms with van der Waals surface area (Å²) < 4.78 is 15.0. The highest BCUT2D eigenvalue weighted by Gasteiger charge is 2.22. The Bertz CT molecular complexity index is 1010. The van der Waals surface area contributed by atoms with E-state index >= 15 is 4.39 Å². The number of para-hydroxylation sites is 2. The van der Waals surface area contributed by atoms with E-state index in [-0.39, 0.29) is 5.82 Å². The first-order valence-electron chi connectivity index (χ1n) is 10.5. The first kappa shape index (κ1) is 20.6. The first-order chi connectivity index (χ1) is 14.5. The second-order valence-corrected chi connectivity index (χ2v) is 8.23. The highest BCUT2D eigenvalue weighted by Crippen LogP contribution is 2.36. The van der Waals surface area contributed by atoms with E-state index in [1.165, 1.54) is 0 Å². The molecule has 0 atom stereocenters. The second kappa shape index (κ2) is 8.98. The average molecular weight is 408 g/mol. The van der Waals surface area contributed by atoms with Crippen molar-refractivity contribution in [1.82, 2.24) is 14.8 Å². The summed E-state index contributed by atoms with van der Waals surface area (Å²) in [6.07, 6.45) is 0. The van der Waals surface area contributed by atoms with Crippen molar-refractivity contribution in [2.75, 3.05) is 70.6 Å². The van der Waals surface area contributed by atoms with Crippen LogP contribution in [-0.4, -0.2) is 75.2 Å². The van der Waals surface area contributed by atoms with Gasteiger partial charge in [0.25, 0.3) is 0 Å². The average Bonchev–Trinajstić information content (AvgIpc) is 2.74. The van der Waals surface area contributed by atoms with Gasteiger partial charge in [-0.25, -0.2) is 9.37 Å². The van der Waals surface area contributed by atoms with Crippen molar-refractivity contribution in [1.29, 1.82) is 0 Å². The number of nitrogens with one attached hydrogen (secondary N) is 1. The Kier molecular flexibility index (Phi) is 6.16. The summed E-state index contributed by atoms with van der Waals surface area (Å²) in [5, 5.41) is 4.63. The maximum atomic E-state index is 15.0. The van der Waals surface area contributed by atoms with Gasteiger partial charge in [-0.1, -0.05) is 30.3 Å². The van der Waals surface area contributed by atoms with Crippen LogP contribution in [0.15, 0.2) is 48.5 Å². The monoisotopic (exact) mass is 407 g/mol. The number of halogens is 1. The molecule has 1 aromatic heterocycles. The highest BCUT2D eigenvalue weighted by molar-refractivity contribution is 5.95. The van der Waals surface area contributed by atoms with Crippen LogP contribution in [0, 0.1) is 5.82 Å². The van der Waals surface area contributed by atoms with Crippen molar-refractivity contribution in [3.63, 3.8) is 0 Å². The largest absolute Gasteiger partial charge is 0.383 e. The maximum absolute atomic E-state index is 15.0. The van der Waals surface area contributed by atoms with E-state index in [1.54, 1.807) is 12.1 Å². The van der Waals surface area contributed by atoms with Crippen molar-refractivity contribution < 1.29 is 4.39 Å². The molecule has 30 heavy (non-hydrogen) atoms. The van der Waals surface area contributed by atoms with Gasteiger partial charge >= 0.3 is 0 Å². The number of benzene rings is 2. The molecular formula is C24H30FN5. The number of anilines is 2. The lowest BCUT2D eigenvalue weighted by Crippen LogP contribution is -2.45. The van der Waals surface area contributed by atoms with Gasteiger partial charge in [-0.3, -0.25) is 0 Å². The number of fused-ring (bicyclic) bond motifs is 1. The van der Waals surface area contributed by atoms with Crippen molar-refractivity contribution in [3.05, 3.63) is 54.3 Å². The van der Waals surface area contributed by atoms with Crippen LogP contribution >= 0.6 is 0 Å². The summed E-state index contributed by atoms with van der Waals surface area (Å²) >= 11 is 0. The molecular weight excluding hydrogens is 377 g/mol.